The highest BCUT2D eigenvalue weighted by Crippen LogP contribution is 2.01. The molecule has 1 heterocycles. The third-order valence-corrected chi connectivity index (χ3v) is 2.00. The molecule has 0 saturated heterocycles. The molecular weight excluding hydrogens is 184 g/mol. The van der Waals surface area contributed by atoms with Gasteiger partial charge in [0, 0.05) is 26.0 Å². The van der Waals surface area contributed by atoms with Crippen LogP contribution in [0.4, 0.5) is 0 Å². The van der Waals surface area contributed by atoms with Gasteiger partial charge < -0.3 is 4.90 Å². The molecule has 0 saturated carbocycles. The number of hydrogen-bond acceptors (Lipinski definition) is 3. The Bertz CT molecular complexity index is 276. The van der Waals surface area contributed by atoms with Crippen molar-refractivity contribution in [3.63, 3.8) is 0 Å². The van der Waals surface area contributed by atoms with Crippen LogP contribution in [-0.2, 0) is 11.3 Å². The summed E-state index contributed by atoms with van der Waals surface area (Å²) in [4.78, 5) is 16.7. The van der Waals surface area contributed by atoms with Gasteiger partial charge in [0.1, 0.15) is 0 Å². The first-order valence-corrected chi connectivity index (χ1v) is 4.61. The van der Waals surface area contributed by atoms with Gasteiger partial charge in [-0.3, -0.25) is 9.78 Å². The van der Waals surface area contributed by atoms with E-state index in [1.54, 1.807) is 24.3 Å². The SMILES string of the molecule is CN(Cc1ccncc1)C(=O)CS. The zero-order valence-corrected chi connectivity index (χ0v) is 8.37. The van der Waals surface area contributed by atoms with Gasteiger partial charge in [-0.1, -0.05) is 0 Å². The highest BCUT2D eigenvalue weighted by molar-refractivity contribution is 7.81. The number of hydrogen-bond donors (Lipinski definition) is 1. The van der Waals surface area contributed by atoms with E-state index in [0.717, 1.165) is 5.56 Å². The molecule has 0 N–H and O–H groups in total. The van der Waals surface area contributed by atoms with Gasteiger partial charge >= 0.3 is 0 Å². The molecule has 0 bridgehead atoms. The summed E-state index contributed by atoms with van der Waals surface area (Å²) in [6, 6.07) is 3.78. The van der Waals surface area contributed by atoms with Crippen LogP contribution in [0.3, 0.4) is 0 Å². The molecule has 0 aliphatic carbocycles. The Morgan fingerprint density at radius 2 is 2.15 bits per heavy atom. The van der Waals surface area contributed by atoms with Crippen LogP contribution >= 0.6 is 12.6 Å². The van der Waals surface area contributed by atoms with Crippen LogP contribution in [-0.4, -0.2) is 28.6 Å². The topological polar surface area (TPSA) is 33.2 Å². The first-order valence-electron chi connectivity index (χ1n) is 3.97. The van der Waals surface area contributed by atoms with Crippen molar-refractivity contribution in [1.29, 1.82) is 0 Å². The van der Waals surface area contributed by atoms with E-state index in [4.69, 9.17) is 0 Å². The Labute approximate surface area is 83.2 Å². The summed E-state index contributed by atoms with van der Waals surface area (Å²) in [5.41, 5.74) is 1.08. The molecule has 13 heavy (non-hydrogen) atoms. The Balaban J connectivity index is 2.55. The number of thiol groups is 1. The van der Waals surface area contributed by atoms with Gasteiger partial charge in [-0.05, 0) is 17.7 Å². The maximum absolute atomic E-state index is 11.2. The predicted molar refractivity (Wildman–Crippen MR) is 54.6 cm³/mol. The predicted octanol–water partition coefficient (Wildman–Crippen LogP) is 0.970. The minimum Gasteiger partial charge on any atom is -0.341 e. The normalized spacial score (nSPS) is 9.69. The largest absolute Gasteiger partial charge is 0.341 e. The molecule has 0 atom stereocenters. The van der Waals surface area contributed by atoms with E-state index in [1.807, 2.05) is 12.1 Å². The van der Waals surface area contributed by atoms with Gasteiger partial charge in [0.2, 0.25) is 5.91 Å². The lowest BCUT2D eigenvalue weighted by Crippen LogP contribution is -2.27. The van der Waals surface area contributed by atoms with Crippen molar-refractivity contribution in [2.45, 2.75) is 6.54 Å². The molecule has 0 unspecified atom stereocenters. The fourth-order valence-corrected chi connectivity index (χ4v) is 1.21. The van der Waals surface area contributed by atoms with E-state index in [9.17, 15) is 4.79 Å². The minimum atomic E-state index is 0.0279. The lowest BCUT2D eigenvalue weighted by atomic mass is 10.2. The number of carbonyl (C=O) groups excluding carboxylic acids is 1. The molecule has 1 amide bonds. The molecule has 70 valence electrons. The average molecular weight is 196 g/mol. The van der Waals surface area contributed by atoms with Gasteiger partial charge in [0.15, 0.2) is 0 Å². The number of aromatic nitrogens is 1. The molecule has 0 fully saturated rings. The van der Waals surface area contributed by atoms with Gasteiger partial charge in [-0.25, -0.2) is 0 Å². The lowest BCUT2D eigenvalue weighted by molar-refractivity contribution is -0.127. The third kappa shape index (κ3) is 3.06. The van der Waals surface area contributed by atoms with Crippen LogP contribution in [0.1, 0.15) is 5.56 Å². The number of nitrogens with zero attached hydrogens (tertiary/aromatic N) is 2. The Morgan fingerprint density at radius 1 is 1.54 bits per heavy atom. The Hall–Kier alpha value is -1.03. The molecule has 3 nitrogen and oxygen atoms in total. The number of pyridine rings is 1. The summed E-state index contributed by atoms with van der Waals surface area (Å²) in [5, 5.41) is 0. The summed E-state index contributed by atoms with van der Waals surface area (Å²) in [5.74, 6) is 0.279. The molecule has 0 aromatic carbocycles. The quantitative estimate of drug-likeness (QED) is 0.731. The van der Waals surface area contributed by atoms with Gasteiger partial charge in [0.25, 0.3) is 0 Å². The van der Waals surface area contributed by atoms with Crippen molar-refractivity contribution in [2.24, 2.45) is 0 Å². The van der Waals surface area contributed by atoms with E-state index >= 15 is 0 Å². The standard InChI is InChI=1S/C9H12N2OS/c1-11(9(12)7-13)6-8-2-4-10-5-3-8/h2-5,13H,6-7H2,1H3. The molecule has 4 heteroatoms. The maximum Gasteiger partial charge on any atom is 0.232 e. The van der Waals surface area contributed by atoms with E-state index < -0.39 is 0 Å². The van der Waals surface area contributed by atoms with Gasteiger partial charge in [-0.15, -0.1) is 0 Å². The second-order valence-corrected chi connectivity index (χ2v) is 3.08. The van der Waals surface area contributed by atoms with Crippen molar-refractivity contribution in [3.8, 4) is 0 Å². The molecule has 0 aliphatic rings. The van der Waals surface area contributed by atoms with E-state index in [1.165, 1.54) is 0 Å². The first-order chi connectivity index (χ1) is 6.24. The molecular formula is C9H12N2OS. The molecule has 0 radical (unpaired) electrons. The van der Waals surface area contributed by atoms with Crippen LogP contribution < -0.4 is 0 Å². The van der Waals surface area contributed by atoms with Crippen LogP contribution in [0.5, 0.6) is 0 Å². The molecule has 0 spiro atoms. The summed E-state index contributed by atoms with van der Waals surface area (Å²) >= 11 is 3.92. The van der Waals surface area contributed by atoms with Crippen LogP contribution in [0.2, 0.25) is 0 Å². The second kappa shape index (κ2) is 4.87. The van der Waals surface area contributed by atoms with Crippen molar-refractivity contribution >= 4 is 18.5 Å². The summed E-state index contributed by atoms with van der Waals surface area (Å²) < 4.78 is 0. The summed E-state index contributed by atoms with van der Waals surface area (Å²) in [7, 11) is 1.76. The Kier molecular flexibility index (Phi) is 3.76. The first kappa shape index (κ1) is 10.1. The van der Waals surface area contributed by atoms with E-state index in [2.05, 4.69) is 17.6 Å². The van der Waals surface area contributed by atoms with Gasteiger partial charge in [-0.2, -0.15) is 12.6 Å². The monoisotopic (exact) mass is 196 g/mol. The van der Waals surface area contributed by atoms with Gasteiger partial charge in [0.05, 0.1) is 5.75 Å². The maximum atomic E-state index is 11.2. The minimum absolute atomic E-state index is 0.0279. The van der Waals surface area contributed by atoms with Crippen LogP contribution in [0.25, 0.3) is 0 Å². The van der Waals surface area contributed by atoms with Crippen LogP contribution in [0, 0.1) is 0 Å². The molecule has 1 aromatic heterocycles. The van der Waals surface area contributed by atoms with Crippen molar-refractivity contribution in [2.75, 3.05) is 12.8 Å². The zero-order chi connectivity index (χ0) is 9.68. The van der Waals surface area contributed by atoms with E-state index in [-0.39, 0.29) is 11.7 Å². The fraction of sp³-hybridized carbons (Fsp3) is 0.333. The van der Waals surface area contributed by atoms with Crippen LogP contribution in [0.15, 0.2) is 24.5 Å². The van der Waals surface area contributed by atoms with Crippen molar-refractivity contribution < 1.29 is 4.79 Å². The fourth-order valence-electron chi connectivity index (χ4n) is 0.971. The lowest BCUT2D eigenvalue weighted by Gasteiger charge is -2.15. The van der Waals surface area contributed by atoms with Crippen molar-refractivity contribution in [1.82, 2.24) is 9.88 Å². The Morgan fingerprint density at radius 3 is 2.69 bits per heavy atom. The smallest absolute Gasteiger partial charge is 0.232 e. The molecule has 1 aromatic rings. The number of carbonyl (C=O) groups is 1. The highest BCUT2D eigenvalue weighted by Gasteiger charge is 2.05. The highest BCUT2D eigenvalue weighted by atomic mass is 32.1. The average Bonchev–Trinajstić information content (AvgIpc) is 2.18. The van der Waals surface area contributed by atoms with Crippen molar-refractivity contribution in [3.05, 3.63) is 30.1 Å². The van der Waals surface area contributed by atoms with E-state index in [0.29, 0.717) is 6.54 Å². The summed E-state index contributed by atoms with van der Waals surface area (Å²) in [6.07, 6.45) is 3.43. The zero-order valence-electron chi connectivity index (χ0n) is 7.47. The number of amides is 1. The molecule has 1 rings (SSSR count). The second-order valence-electron chi connectivity index (χ2n) is 2.76. The molecule has 0 aliphatic heterocycles. The number of rotatable bonds is 3. The third-order valence-electron chi connectivity index (χ3n) is 1.73. The summed E-state index contributed by atoms with van der Waals surface area (Å²) in [6.45, 7) is 0.613.